The molecular formula is C19H26N2. The number of pyridine rings is 1. The van der Waals surface area contributed by atoms with Crippen molar-refractivity contribution in [2.75, 3.05) is 6.54 Å². The van der Waals surface area contributed by atoms with Crippen LogP contribution in [0.15, 0.2) is 36.7 Å². The second-order valence-corrected chi connectivity index (χ2v) is 6.66. The van der Waals surface area contributed by atoms with E-state index in [9.17, 15) is 0 Å². The zero-order valence-electron chi connectivity index (χ0n) is 13.2. The molecule has 0 spiro atoms. The smallest absolute Gasteiger partial charge is 0.0349 e. The molecule has 3 rings (SSSR count). The van der Waals surface area contributed by atoms with E-state index < -0.39 is 0 Å². The molecule has 2 nitrogen and oxygen atoms in total. The first-order valence-corrected chi connectivity index (χ1v) is 8.31. The molecule has 1 fully saturated rings. The maximum atomic E-state index is 4.35. The van der Waals surface area contributed by atoms with Gasteiger partial charge in [0.25, 0.3) is 0 Å². The van der Waals surface area contributed by atoms with Crippen molar-refractivity contribution in [3.8, 4) is 0 Å². The molecule has 112 valence electrons. The highest BCUT2D eigenvalue weighted by molar-refractivity contribution is 5.85. The lowest BCUT2D eigenvalue weighted by Gasteiger charge is -2.33. The summed E-state index contributed by atoms with van der Waals surface area (Å²) < 4.78 is 0. The fourth-order valence-corrected chi connectivity index (χ4v) is 3.71. The fraction of sp³-hybridized carbons (Fsp3) is 0.526. The minimum atomic E-state index is 0.571. The molecule has 0 bridgehead atoms. The monoisotopic (exact) mass is 282 g/mol. The Morgan fingerprint density at radius 1 is 1.19 bits per heavy atom. The summed E-state index contributed by atoms with van der Waals surface area (Å²) in [5.74, 6) is 1.44. The topological polar surface area (TPSA) is 24.9 Å². The Hall–Kier alpha value is -1.41. The molecule has 2 atom stereocenters. The zero-order chi connectivity index (χ0) is 14.7. The van der Waals surface area contributed by atoms with Crippen LogP contribution in [0.1, 0.15) is 51.0 Å². The molecule has 0 aliphatic heterocycles. The minimum Gasteiger partial charge on any atom is -0.314 e. The van der Waals surface area contributed by atoms with Gasteiger partial charge in [0.1, 0.15) is 0 Å². The molecule has 1 aliphatic rings. The van der Waals surface area contributed by atoms with Crippen LogP contribution < -0.4 is 5.32 Å². The first-order chi connectivity index (χ1) is 10.3. The molecule has 2 aromatic rings. The Labute approximate surface area is 128 Å². The zero-order valence-corrected chi connectivity index (χ0v) is 13.2. The van der Waals surface area contributed by atoms with Crippen LogP contribution in [0.2, 0.25) is 0 Å². The Morgan fingerprint density at radius 3 is 2.90 bits per heavy atom. The van der Waals surface area contributed by atoms with Gasteiger partial charge in [0.05, 0.1) is 0 Å². The summed E-state index contributed by atoms with van der Waals surface area (Å²) in [5.41, 5.74) is 1.51. The fourth-order valence-electron chi connectivity index (χ4n) is 3.71. The van der Waals surface area contributed by atoms with Crippen LogP contribution >= 0.6 is 0 Å². The molecular weight excluding hydrogens is 256 g/mol. The molecule has 1 aliphatic carbocycles. The van der Waals surface area contributed by atoms with Crippen molar-refractivity contribution >= 4 is 10.8 Å². The number of nitrogens with one attached hydrogen (secondary N) is 1. The van der Waals surface area contributed by atoms with Gasteiger partial charge >= 0.3 is 0 Å². The molecule has 1 saturated carbocycles. The summed E-state index contributed by atoms with van der Waals surface area (Å²) in [6.07, 6.45) is 9.35. The van der Waals surface area contributed by atoms with Gasteiger partial charge in [0, 0.05) is 23.8 Å². The van der Waals surface area contributed by atoms with E-state index in [-0.39, 0.29) is 0 Å². The Bertz CT molecular complexity index is 586. The van der Waals surface area contributed by atoms with E-state index in [2.05, 4.69) is 48.4 Å². The van der Waals surface area contributed by atoms with Crippen molar-refractivity contribution in [3.05, 3.63) is 42.2 Å². The summed E-state index contributed by atoms with van der Waals surface area (Å²) in [6, 6.07) is 9.43. The number of hydrogen-bond donors (Lipinski definition) is 1. The highest BCUT2D eigenvalue weighted by Gasteiger charge is 2.27. The number of fused-ring (bicyclic) bond motifs is 1. The van der Waals surface area contributed by atoms with Gasteiger partial charge in [0.2, 0.25) is 0 Å². The number of aromatic nitrogens is 1. The average Bonchev–Trinajstić information content (AvgIpc) is 2.53. The quantitative estimate of drug-likeness (QED) is 0.892. The number of rotatable bonds is 4. The van der Waals surface area contributed by atoms with Crippen LogP contribution in [-0.4, -0.2) is 17.6 Å². The van der Waals surface area contributed by atoms with Gasteiger partial charge in [-0.2, -0.15) is 0 Å². The van der Waals surface area contributed by atoms with Gasteiger partial charge in [0.15, 0.2) is 0 Å². The molecule has 0 amide bonds. The Balaban J connectivity index is 1.91. The number of nitrogens with zero attached hydrogens (tertiary/aromatic N) is 1. The molecule has 1 aromatic carbocycles. The van der Waals surface area contributed by atoms with Gasteiger partial charge in [-0.05, 0) is 48.2 Å². The maximum absolute atomic E-state index is 4.35. The second kappa shape index (κ2) is 6.57. The highest BCUT2D eigenvalue weighted by atomic mass is 14.9. The van der Waals surface area contributed by atoms with E-state index in [0.29, 0.717) is 12.0 Å². The van der Waals surface area contributed by atoms with Gasteiger partial charge < -0.3 is 5.32 Å². The SMILES string of the molecule is CC(C)NCC1CCCCC1c1cccc2ccncc12. The lowest BCUT2D eigenvalue weighted by Crippen LogP contribution is -2.33. The maximum Gasteiger partial charge on any atom is 0.0349 e. The number of benzene rings is 1. The first kappa shape index (κ1) is 14.5. The average molecular weight is 282 g/mol. The van der Waals surface area contributed by atoms with Gasteiger partial charge in [-0.15, -0.1) is 0 Å². The van der Waals surface area contributed by atoms with Crippen LogP contribution in [0.3, 0.4) is 0 Å². The van der Waals surface area contributed by atoms with Crippen molar-refractivity contribution in [1.82, 2.24) is 10.3 Å². The Morgan fingerprint density at radius 2 is 2.05 bits per heavy atom. The van der Waals surface area contributed by atoms with Crippen molar-refractivity contribution in [2.45, 2.75) is 51.5 Å². The van der Waals surface area contributed by atoms with Crippen molar-refractivity contribution in [3.63, 3.8) is 0 Å². The Kier molecular flexibility index (Phi) is 4.54. The minimum absolute atomic E-state index is 0.571. The summed E-state index contributed by atoms with van der Waals surface area (Å²) in [7, 11) is 0. The van der Waals surface area contributed by atoms with Gasteiger partial charge in [-0.1, -0.05) is 44.9 Å². The van der Waals surface area contributed by atoms with Crippen LogP contribution in [0.25, 0.3) is 10.8 Å². The number of hydrogen-bond acceptors (Lipinski definition) is 2. The van der Waals surface area contributed by atoms with E-state index in [1.54, 1.807) is 0 Å². The van der Waals surface area contributed by atoms with Crippen LogP contribution in [-0.2, 0) is 0 Å². The van der Waals surface area contributed by atoms with Crippen molar-refractivity contribution < 1.29 is 0 Å². The second-order valence-electron chi connectivity index (χ2n) is 6.66. The van der Waals surface area contributed by atoms with Crippen LogP contribution in [0.5, 0.6) is 0 Å². The van der Waals surface area contributed by atoms with Crippen molar-refractivity contribution in [2.24, 2.45) is 5.92 Å². The predicted octanol–water partition coefficient (Wildman–Crippen LogP) is 4.51. The molecule has 0 saturated heterocycles. The molecule has 1 N–H and O–H groups in total. The van der Waals surface area contributed by atoms with Gasteiger partial charge in [-0.25, -0.2) is 0 Å². The van der Waals surface area contributed by atoms with Crippen LogP contribution in [0.4, 0.5) is 0 Å². The lowest BCUT2D eigenvalue weighted by atomic mass is 9.74. The van der Waals surface area contributed by atoms with E-state index in [1.165, 1.54) is 42.0 Å². The first-order valence-electron chi connectivity index (χ1n) is 8.31. The molecule has 2 unspecified atom stereocenters. The standard InChI is InChI=1S/C19H26N2/c1-14(2)21-12-16-6-3-4-8-17(16)18-9-5-7-15-10-11-20-13-19(15)18/h5,7,9-11,13-14,16-17,21H,3-4,6,8,12H2,1-2H3. The summed E-state index contributed by atoms with van der Waals surface area (Å²) in [4.78, 5) is 4.35. The van der Waals surface area contributed by atoms with Crippen molar-refractivity contribution in [1.29, 1.82) is 0 Å². The lowest BCUT2D eigenvalue weighted by molar-refractivity contribution is 0.290. The third-order valence-corrected chi connectivity index (χ3v) is 4.81. The third kappa shape index (κ3) is 3.26. The molecule has 1 heterocycles. The summed E-state index contributed by atoms with van der Waals surface area (Å²) in [6.45, 7) is 5.61. The summed E-state index contributed by atoms with van der Waals surface area (Å²) >= 11 is 0. The predicted molar refractivity (Wildman–Crippen MR) is 89.6 cm³/mol. The van der Waals surface area contributed by atoms with E-state index in [0.717, 1.165) is 12.5 Å². The van der Waals surface area contributed by atoms with E-state index in [1.807, 2.05) is 12.4 Å². The molecule has 1 aromatic heterocycles. The third-order valence-electron chi connectivity index (χ3n) is 4.81. The molecule has 21 heavy (non-hydrogen) atoms. The summed E-state index contributed by atoms with van der Waals surface area (Å²) in [5, 5.41) is 6.32. The molecule has 0 radical (unpaired) electrons. The van der Waals surface area contributed by atoms with E-state index in [4.69, 9.17) is 0 Å². The largest absolute Gasteiger partial charge is 0.314 e. The van der Waals surface area contributed by atoms with Crippen LogP contribution in [0, 0.1) is 5.92 Å². The highest BCUT2D eigenvalue weighted by Crippen LogP contribution is 2.40. The normalized spacial score (nSPS) is 22.8. The molecule has 2 heteroatoms. The van der Waals surface area contributed by atoms with E-state index >= 15 is 0 Å². The van der Waals surface area contributed by atoms with Gasteiger partial charge in [-0.3, -0.25) is 4.98 Å².